The Balaban J connectivity index is 2.80. The van der Waals surface area contributed by atoms with Crippen LogP contribution in [-0.4, -0.2) is 37.0 Å². The predicted molar refractivity (Wildman–Crippen MR) is 77.0 cm³/mol. The minimum atomic E-state index is 0.199. The van der Waals surface area contributed by atoms with Crippen molar-refractivity contribution in [2.24, 2.45) is 0 Å². The molecular weight excluding hydrogens is 224 g/mol. The van der Waals surface area contributed by atoms with Crippen LogP contribution < -0.4 is 4.90 Å². The fourth-order valence-corrected chi connectivity index (χ4v) is 2.13. The summed E-state index contributed by atoms with van der Waals surface area (Å²) in [5.74, 6) is 0.199. The van der Waals surface area contributed by atoms with E-state index in [2.05, 4.69) is 30.9 Å². The Morgan fingerprint density at radius 2 is 1.67 bits per heavy atom. The lowest BCUT2D eigenvalue weighted by molar-refractivity contribution is -0.129. The van der Waals surface area contributed by atoms with Gasteiger partial charge in [-0.25, -0.2) is 0 Å². The summed E-state index contributed by atoms with van der Waals surface area (Å²) in [7, 11) is 0. The summed E-state index contributed by atoms with van der Waals surface area (Å²) in [6.45, 7) is 11.1. The van der Waals surface area contributed by atoms with E-state index in [1.807, 2.05) is 30.9 Å². The second-order valence-electron chi connectivity index (χ2n) is 4.37. The summed E-state index contributed by atoms with van der Waals surface area (Å²) in [4.78, 5) is 16.2. The van der Waals surface area contributed by atoms with Crippen molar-refractivity contribution >= 4 is 11.6 Å². The quantitative estimate of drug-likeness (QED) is 0.773. The van der Waals surface area contributed by atoms with E-state index in [1.165, 1.54) is 5.56 Å². The molecule has 0 saturated heterocycles. The van der Waals surface area contributed by atoms with Gasteiger partial charge in [0.25, 0.3) is 0 Å². The van der Waals surface area contributed by atoms with Gasteiger partial charge in [-0.15, -0.1) is 0 Å². The smallest absolute Gasteiger partial charge is 0.242 e. The molecule has 0 unspecified atom stereocenters. The van der Waals surface area contributed by atoms with Crippen LogP contribution in [0.4, 0.5) is 5.69 Å². The molecule has 0 spiro atoms. The number of carbonyl (C=O) groups is 1. The van der Waals surface area contributed by atoms with E-state index in [-0.39, 0.29) is 5.91 Å². The van der Waals surface area contributed by atoms with Crippen molar-refractivity contribution in [2.45, 2.75) is 27.7 Å². The Hall–Kier alpha value is -1.51. The van der Waals surface area contributed by atoms with Gasteiger partial charge in [0.1, 0.15) is 0 Å². The van der Waals surface area contributed by atoms with Crippen LogP contribution in [0.15, 0.2) is 24.3 Å². The average molecular weight is 248 g/mol. The first-order valence-electron chi connectivity index (χ1n) is 6.72. The van der Waals surface area contributed by atoms with E-state index in [0.29, 0.717) is 6.54 Å². The fraction of sp³-hybridized carbons (Fsp3) is 0.533. The first-order chi connectivity index (χ1) is 8.63. The highest BCUT2D eigenvalue weighted by atomic mass is 16.2. The lowest BCUT2D eigenvalue weighted by atomic mass is 10.2. The molecule has 100 valence electrons. The van der Waals surface area contributed by atoms with Gasteiger partial charge < -0.3 is 9.80 Å². The molecule has 0 fully saturated rings. The standard InChI is InChI=1S/C15H24N2O/c1-5-16(6-2)15(18)12-17(7-3)14-11-9-8-10-13(14)4/h8-11H,5-7,12H2,1-4H3. The molecule has 0 atom stereocenters. The van der Waals surface area contributed by atoms with E-state index < -0.39 is 0 Å². The van der Waals surface area contributed by atoms with Crippen molar-refractivity contribution in [1.82, 2.24) is 4.90 Å². The second-order valence-corrected chi connectivity index (χ2v) is 4.37. The Morgan fingerprint density at radius 3 is 2.17 bits per heavy atom. The average Bonchev–Trinajstić information content (AvgIpc) is 2.38. The molecule has 0 aliphatic carbocycles. The number of rotatable bonds is 6. The van der Waals surface area contributed by atoms with Crippen molar-refractivity contribution in [3.63, 3.8) is 0 Å². The van der Waals surface area contributed by atoms with E-state index in [9.17, 15) is 4.79 Å². The zero-order valence-electron chi connectivity index (χ0n) is 11.9. The molecule has 0 bridgehead atoms. The summed E-state index contributed by atoms with van der Waals surface area (Å²) in [6, 6.07) is 8.21. The number of amides is 1. The Kier molecular flexibility index (Phi) is 5.69. The largest absolute Gasteiger partial charge is 0.362 e. The Morgan fingerprint density at radius 1 is 1.06 bits per heavy atom. The number of para-hydroxylation sites is 1. The van der Waals surface area contributed by atoms with Gasteiger partial charge in [0.2, 0.25) is 5.91 Å². The van der Waals surface area contributed by atoms with Crippen LogP contribution in [0.5, 0.6) is 0 Å². The van der Waals surface area contributed by atoms with E-state index in [4.69, 9.17) is 0 Å². The molecule has 1 aromatic carbocycles. The number of nitrogens with zero attached hydrogens (tertiary/aromatic N) is 2. The van der Waals surface area contributed by atoms with Gasteiger partial charge in [0.05, 0.1) is 6.54 Å². The molecule has 0 aliphatic rings. The molecule has 1 rings (SSSR count). The van der Waals surface area contributed by atoms with Gasteiger partial charge in [-0.05, 0) is 39.3 Å². The van der Waals surface area contributed by atoms with Crippen molar-refractivity contribution < 1.29 is 4.79 Å². The van der Waals surface area contributed by atoms with Gasteiger partial charge in [-0.3, -0.25) is 4.79 Å². The monoisotopic (exact) mass is 248 g/mol. The topological polar surface area (TPSA) is 23.6 Å². The Labute approximate surface area is 110 Å². The minimum absolute atomic E-state index is 0.199. The third kappa shape index (κ3) is 3.49. The van der Waals surface area contributed by atoms with Crippen LogP contribution in [0.1, 0.15) is 26.3 Å². The van der Waals surface area contributed by atoms with E-state index in [1.54, 1.807) is 0 Å². The molecule has 0 aromatic heterocycles. The van der Waals surface area contributed by atoms with Crippen LogP contribution in [0.3, 0.4) is 0 Å². The van der Waals surface area contributed by atoms with E-state index in [0.717, 1.165) is 25.3 Å². The molecule has 1 aromatic rings. The minimum Gasteiger partial charge on any atom is -0.362 e. The zero-order chi connectivity index (χ0) is 13.5. The summed E-state index contributed by atoms with van der Waals surface area (Å²) >= 11 is 0. The zero-order valence-corrected chi connectivity index (χ0v) is 11.9. The van der Waals surface area contributed by atoms with Gasteiger partial charge in [0, 0.05) is 25.3 Å². The van der Waals surface area contributed by atoms with Crippen LogP contribution >= 0.6 is 0 Å². The SMILES string of the molecule is CCN(CC)C(=O)CN(CC)c1ccccc1C. The molecule has 3 nitrogen and oxygen atoms in total. The summed E-state index contributed by atoms with van der Waals surface area (Å²) in [5.41, 5.74) is 2.37. The molecular formula is C15H24N2O. The van der Waals surface area contributed by atoms with Gasteiger partial charge in [0.15, 0.2) is 0 Å². The summed E-state index contributed by atoms with van der Waals surface area (Å²) in [6.07, 6.45) is 0. The highest BCUT2D eigenvalue weighted by molar-refractivity contribution is 5.81. The van der Waals surface area contributed by atoms with Crippen LogP contribution in [-0.2, 0) is 4.79 Å². The highest BCUT2D eigenvalue weighted by Crippen LogP contribution is 2.18. The third-order valence-electron chi connectivity index (χ3n) is 3.28. The number of hydrogen-bond donors (Lipinski definition) is 0. The number of likely N-dealkylation sites (N-methyl/N-ethyl adjacent to an activating group) is 2. The second kappa shape index (κ2) is 7.04. The molecule has 18 heavy (non-hydrogen) atoms. The van der Waals surface area contributed by atoms with Crippen molar-refractivity contribution in [3.8, 4) is 0 Å². The maximum atomic E-state index is 12.1. The number of carbonyl (C=O) groups excluding carboxylic acids is 1. The number of anilines is 1. The highest BCUT2D eigenvalue weighted by Gasteiger charge is 2.15. The number of hydrogen-bond acceptors (Lipinski definition) is 2. The lowest BCUT2D eigenvalue weighted by Gasteiger charge is -2.27. The van der Waals surface area contributed by atoms with Crippen molar-refractivity contribution in [3.05, 3.63) is 29.8 Å². The number of aryl methyl sites for hydroxylation is 1. The molecule has 0 heterocycles. The number of benzene rings is 1. The third-order valence-corrected chi connectivity index (χ3v) is 3.28. The molecule has 3 heteroatoms. The van der Waals surface area contributed by atoms with Gasteiger partial charge >= 0.3 is 0 Å². The maximum Gasteiger partial charge on any atom is 0.242 e. The first-order valence-corrected chi connectivity index (χ1v) is 6.72. The molecule has 1 amide bonds. The molecule has 0 aliphatic heterocycles. The van der Waals surface area contributed by atoms with Crippen LogP contribution in [0, 0.1) is 6.92 Å². The van der Waals surface area contributed by atoms with Crippen LogP contribution in [0.2, 0.25) is 0 Å². The lowest BCUT2D eigenvalue weighted by Crippen LogP contribution is -2.40. The molecule has 0 saturated carbocycles. The molecule has 0 N–H and O–H groups in total. The predicted octanol–water partition coefficient (Wildman–Crippen LogP) is 2.69. The summed E-state index contributed by atoms with van der Waals surface area (Å²) < 4.78 is 0. The van der Waals surface area contributed by atoms with Gasteiger partial charge in [-0.1, -0.05) is 18.2 Å². The van der Waals surface area contributed by atoms with E-state index >= 15 is 0 Å². The van der Waals surface area contributed by atoms with Crippen molar-refractivity contribution in [1.29, 1.82) is 0 Å². The fourth-order valence-electron chi connectivity index (χ4n) is 2.13. The normalized spacial score (nSPS) is 10.2. The van der Waals surface area contributed by atoms with Crippen molar-refractivity contribution in [2.75, 3.05) is 31.1 Å². The Bertz CT molecular complexity index is 386. The van der Waals surface area contributed by atoms with Crippen LogP contribution in [0.25, 0.3) is 0 Å². The maximum absolute atomic E-state index is 12.1. The van der Waals surface area contributed by atoms with Gasteiger partial charge in [-0.2, -0.15) is 0 Å². The first kappa shape index (κ1) is 14.6. The summed E-state index contributed by atoms with van der Waals surface area (Å²) in [5, 5.41) is 0. The molecule has 0 radical (unpaired) electrons.